The first kappa shape index (κ1) is 14.6. The van der Waals surface area contributed by atoms with E-state index in [9.17, 15) is 17.6 Å². The Hall–Kier alpha value is -1.77. The van der Waals surface area contributed by atoms with Crippen LogP contribution in [-0.4, -0.2) is 19.0 Å². The molecular weight excluding hydrogens is 272 g/mol. The molecule has 0 N–H and O–H groups in total. The van der Waals surface area contributed by atoms with E-state index < -0.39 is 23.1 Å². The zero-order valence-corrected chi connectivity index (χ0v) is 11.0. The van der Waals surface area contributed by atoms with Crippen LogP contribution in [0, 0.1) is 23.0 Å². The van der Waals surface area contributed by atoms with Crippen molar-refractivity contribution in [3.05, 3.63) is 29.3 Å². The summed E-state index contributed by atoms with van der Waals surface area (Å²) in [6.45, 7) is 0. The molecule has 108 valence electrons. The summed E-state index contributed by atoms with van der Waals surface area (Å²) < 4.78 is 53.3. The largest absolute Gasteiger partial charge is 0.371 e. The van der Waals surface area contributed by atoms with Gasteiger partial charge < -0.3 is 4.90 Å². The van der Waals surface area contributed by atoms with Crippen LogP contribution in [0.1, 0.15) is 31.2 Å². The Morgan fingerprint density at radius 1 is 1.20 bits per heavy atom. The van der Waals surface area contributed by atoms with E-state index in [0.29, 0.717) is 0 Å². The lowest BCUT2D eigenvalue weighted by atomic mass is 9.91. The highest BCUT2D eigenvalue weighted by atomic mass is 19.3. The van der Waals surface area contributed by atoms with Gasteiger partial charge in [-0.15, -0.1) is 0 Å². The summed E-state index contributed by atoms with van der Waals surface area (Å²) in [6.07, 6.45) is 0.103. The third kappa shape index (κ3) is 2.87. The Balaban J connectivity index is 2.18. The van der Waals surface area contributed by atoms with Crippen LogP contribution in [0.5, 0.6) is 0 Å². The lowest BCUT2D eigenvalue weighted by molar-refractivity contribution is -0.0378. The molecule has 0 spiro atoms. The number of nitriles is 1. The van der Waals surface area contributed by atoms with Crippen molar-refractivity contribution in [3.8, 4) is 6.07 Å². The number of halogens is 4. The molecule has 6 heteroatoms. The summed E-state index contributed by atoms with van der Waals surface area (Å²) in [5.41, 5.74) is -0.369. The van der Waals surface area contributed by atoms with Gasteiger partial charge in [0.15, 0.2) is 0 Å². The third-order valence-corrected chi connectivity index (χ3v) is 3.78. The Labute approximate surface area is 114 Å². The first-order valence-corrected chi connectivity index (χ1v) is 6.34. The summed E-state index contributed by atoms with van der Waals surface area (Å²) in [5, 5.41) is 8.61. The number of anilines is 1. The van der Waals surface area contributed by atoms with Crippen LogP contribution in [-0.2, 0) is 0 Å². The summed E-state index contributed by atoms with van der Waals surface area (Å²) in [4.78, 5) is 1.60. The first-order chi connectivity index (χ1) is 9.34. The molecule has 0 atom stereocenters. The molecule has 0 saturated heterocycles. The lowest BCUT2D eigenvalue weighted by Crippen LogP contribution is -2.38. The molecule has 0 aliphatic heterocycles. The van der Waals surface area contributed by atoms with Gasteiger partial charge in [-0.3, -0.25) is 0 Å². The normalized spacial score (nSPS) is 18.6. The second kappa shape index (κ2) is 5.31. The van der Waals surface area contributed by atoms with Gasteiger partial charge in [0.2, 0.25) is 5.92 Å². The Bertz CT molecular complexity index is 518. The Kier molecular flexibility index (Phi) is 3.89. The quantitative estimate of drug-likeness (QED) is 0.772. The zero-order valence-electron chi connectivity index (χ0n) is 11.0. The van der Waals surface area contributed by atoms with Crippen molar-refractivity contribution in [2.45, 2.75) is 37.6 Å². The highest BCUT2D eigenvalue weighted by Crippen LogP contribution is 2.36. The predicted molar refractivity (Wildman–Crippen MR) is 66.7 cm³/mol. The SMILES string of the molecule is CN(c1cc(F)c(C#N)c(F)c1)C1CCC(F)(F)CC1. The van der Waals surface area contributed by atoms with Gasteiger partial charge in [0.25, 0.3) is 0 Å². The van der Waals surface area contributed by atoms with Crippen LogP contribution >= 0.6 is 0 Å². The van der Waals surface area contributed by atoms with Gasteiger partial charge in [-0.1, -0.05) is 0 Å². The molecule has 0 amide bonds. The topological polar surface area (TPSA) is 27.0 Å². The molecule has 1 aliphatic rings. The van der Waals surface area contributed by atoms with Crippen molar-refractivity contribution in [1.29, 1.82) is 5.26 Å². The van der Waals surface area contributed by atoms with E-state index in [2.05, 4.69) is 0 Å². The van der Waals surface area contributed by atoms with Gasteiger partial charge in [-0.2, -0.15) is 5.26 Å². The number of hydrogen-bond acceptors (Lipinski definition) is 2. The van der Waals surface area contributed by atoms with E-state index in [1.165, 1.54) is 6.07 Å². The molecule has 1 saturated carbocycles. The van der Waals surface area contributed by atoms with E-state index in [1.54, 1.807) is 11.9 Å². The highest BCUT2D eigenvalue weighted by Gasteiger charge is 2.36. The summed E-state index contributed by atoms with van der Waals surface area (Å²) >= 11 is 0. The molecule has 20 heavy (non-hydrogen) atoms. The fourth-order valence-electron chi connectivity index (χ4n) is 2.49. The van der Waals surface area contributed by atoms with E-state index in [1.807, 2.05) is 0 Å². The van der Waals surface area contributed by atoms with E-state index in [4.69, 9.17) is 5.26 Å². The maximum Gasteiger partial charge on any atom is 0.248 e. The van der Waals surface area contributed by atoms with Crippen molar-refractivity contribution in [1.82, 2.24) is 0 Å². The van der Waals surface area contributed by atoms with Crippen molar-refractivity contribution in [2.24, 2.45) is 0 Å². The minimum atomic E-state index is -2.64. The summed E-state index contributed by atoms with van der Waals surface area (Å²) in [5.74, 6) is -4.51. The zero-order chi connectivity index (χ0) is 14.9. The van der Waals surface area contributed by atoms with Gasteiger partial charge >= 0.3 is 0 Å². The van der Waals surface area contributed by atoms with Crippen molar-refractivity contribution >= 4 is 5.69 Å². The van der Waals surface area contributed by atoms with E-state index in [-0.39, 0.29) is 37.4 Å². The highest BCUT2D eigenvalue weighted by molar-refractivity contribution is 5.51. The molecule has 2 nitrogen and oxygen atoms in total. The first-order valence-electron chi connectivity index (χ1n) is 6.34. The molecular formula is C14H14F4N2. The van der Waals surface area contributed by atoms with Crippen LogP contribution in [0.3, 0.4) is 0 Å². The molecule has 1 aliphatic carbocycles. The smallest absolute Gasteiger partial charge is 0.248 e. The molecule has 0 aromatic heterocycles. The van der Waals surface area contributed by atoms with Crippen LogP contribution < -0.4 is 4.90 Å². The van der Waals surface area contributed by atoms with Crippen LogP contribution in [0.15, 0.2) is 12.1 Å². The molecule has 0 heterocycles. The fraction of sp³-hybridized carbons (Fsp3) is 0.500. The van der Waals surface area contributed by atoms with Gasteiger partial charge in [0.1, 0.15) is 23.3 Å². The molecule has 0 bridgehead atoms. The number of hydrogen-bond donors (Lipinski definition) is 0. The van der Waals surface area contributed by atoms with Crippen LogP contribution in [0.4, 0.5) is 23.2 Å². The molecule has 2 rings (SSSR count). The van der Waals surface area contributed by atoms with Crippen molar-refractivity contribution in [3.63, 3.8) is 0 Å². The Morgan fingerprint density at radius 3 is 2.15 bits per heavy atom. The van der Waals surface area contributed by atoms with Gasteiger partial charge in [0, 0.05) is 31.6 Å². The van der Waals surface area contributed by atoms with Crippen molar-refractivity contribution < 1.29 is 17.6 Å². The molecule has 1 aromatic carbocycles. The molecule has 1 fully saturated rings. The number of nitrogens with zero attached hydrogens (tertiary/aromatic N) is 2. The summed E-state index contributed by atoms with van der Waals surface area (Å²) in [7, 11) is 1.62. The second-order valence-corrected chi connectivity index (χ2v) is 5.09. The summed E-state index contributed by atoms with van der Waals surface area (Å²) in [6, 6.07) is 3.40. The maximum absolute atomic E-state index is 13.6. The van der Waals surface area contributed by atoms with Gasteiger partial charge in [0.05, 0.1) is 0 Å². The van der Waals surface area contributed by atoms with Gasteiger partial charge in [-0.25, -0.2) is 17.6 Å². The van der Waals surface area contributed by atoms with Crippen molar-refractivity contribution in [2.75, 3.05) is 11.9 Å². The number of rotatable bonds is 2. The second-order valence-electron chi connectivity index (χ2n) is 5.09. The molecule has 0 radical (unpaired) electrons. The Morgan fingerprint density at radius 2 is 1.70 bits per heavy atom. The predicted octanol–water partition coefficient (Wildman–Crippen LogP) is 3.85. The number of alkyl halides is 2. The third-order valence-electron chi connectivity index (χ3n) is 3.78. The number of benzene rings is 1. The fourth-order valence-corrected chi connectivity index (χ4v) is 2.49. The van der Waals surface area contributed by atoms with Crippen LogP contribution in [0.2, 0.25) is 0 Å². The molecule has 1 aromatic rings. The average molecular weight is 286 g/mol. The van der Waals surface area contributed by atoms with E-state index >= 15 is 0 Å². The van der Waals surface area contributed by atoms with E-state index in [0.717, 1.165) is 12.1 Å². The maximum atomic E-state index is 13.6. The average Bonchev–Trinajstić information content (AvgIpc) is 2.37. The molecule has 0 unspecified atom stereocenters. The van der Waals surface area contributed by atoms with Gasteiger partial charge in [-0.05, 0) is 25.0 Å². The lowest BCUT2D eigenvalue weighted by Gasteiger charge is -2.35. The minimum Gasteiger partial charge on any atom is -0.371 e. The van der Waals surface area contributed by atoms with Crippen LogP contribution in [0.25, 0.3) is 0 Å². The standard InChI is InChI=1S/C14H14F4N2/c1-20(9-2-4-14(17,18)5-3-9)10-6-12(15)11(8-19)13(16)7-10/h6-7,9H,2-5H2,1H3. The minimum absolute atomic E-state index is 0.179. The monoisotopic (exact) mass is 286 g/mol.